The van der Waals surface area contributed by atoms with E-state index in [2.05, 4.69) is 29.5 Å². The zero-order chi connectivity index (χ0) is 28.2. The van der Waals surface area contributed by atoms with Gasteiger partial charge in [0.2, 0.25) is 11.8 Å². The second-order valence-corrected chi connectivity index (χ2v) is 12.6. The first-order valence-electron chi connectivity index (χ1n) is 14.1. The number of nitrogens with one attached hydrogen (secondary N) is 3. The Morgan fingerprint density at radius 3 is 2.54 bits per heavy atom. The van der Waals surface area contributed by atoms with Crippen molar-refractivity contribution in [3.8, 4) is 5.75 Å². The van der Waals surface area contributed by atoms with Crippen molar-refractivity contribution in [1.82, 2.24) is 20.5 Å². The summed E-state index contributed by atoms with van der Waals surface area (Å²) in [7, 11) is 0. The second-order valence-electron chi connectivity index (χ2n) is 12.6. The van der Waals surface area contributed by atoms with Crippen LogP contribution in [0.5, 0.6) is 5.75 Å². The number of carbonyl (C=O) groups excluding carboxylic acids is 2. The summed E-state index contributed by atoms with van der Waals surface area (Å²) >= 11 is 0. The van der Waals surface area contributed by atoms with Gasteiger partial charge in [0, 0.05) is 41.8 Å². The minimum absolute atomic E-state index is 0.0307. The average Bonchev–Trinajstić information content (AvgIpc) is 3.46. The summed E-state index contributed by atoms with van der Waals surface area (Å²) in [5.74, 6) is 0.283. The van der Waals surface area contributed by atoms with Crippen molar-refractivity contribution in [3.05, 3.63) is 59.9 Å². The molecule has 39 heavy (non-hydrogen) atoms. The van der Waals surface area contributed by atoms with Crippen LogP contribution in [-0.4, -0.2) is 38.8 Å². The molecule has 3 heterocycles. The topological polar surface area (TPSA) is 107 Å². The molecule has 2 aromatic rings. The van der Waals surface area contributed by atoms with E-state index in [1.165, 1.54) is 0 Å². The lowest BCUT2D eigenvalue weighted by Crippen LogP contribution is -2.62. The number of amides is 2. The molecule has 208 valence electrons. The number of fused-ring (bicyclic) bond motifs is 1. The number of guanidine groups is 1. The monoisotopic (exact) mass is 531 g/mol. The van der Waals surface area contributed by atoms with Gasteiger partial charge in [0.05, 0.1) is 18.5 Å². The maximum Gasteiger partial charge on any atom is 0.232 e. The first kappa shape index (κ1) is 27.2. The smallest absolute Gasteiger partial charge is 0.232 e. The Bertz CT molecular complexity index is 1250. The second kappa shape index (κ2) is 9.65. The number of para-hydroxylation sites is 1. The largest absolute Gasteiger partial charge is 0.487 e. The molecule has 3 N–H and O–H groups in total. The molecule has 2 fully saturated rings. The highest BCUT2D eigenvalue weighted by atomic mass is 16.5. The molecule has 0 spiro atoms. The van der Waals surface area contributed by atoms with Gasteiger partial charge in [0.25, 0.3) is 0 Å². The number of benzene rings is 1. The van der Waals surface area contributed by atoms with Crippen LogP contribution >= 0.6 is 0 Å². The van der Waals surface area contributed by atoms with E-state index < -0.39 is 17.2 Å². The van der Waals surface area contributed by atoms with Crippen LogP contribution < -0.4 is 15.4 Å². The number of hydrogen-bond acceptors (Lipinski definition) is 5. The lowest BCUT2D eigenvalue weighted by molar-refractivity contribution is -0.134. The van der Waals surface area contributed by atoms with Crippen molar-refractivity contribution >= 4 is 17.8 Å². The van der Waals surface area contributed by atoms with Crippen LogP contribution in [0, 0.1) is 22.7 Å². The van der Waals surface area contributed by atoms with Crippen molar-refractivity contribution in [1.29, 1.82) is 5.41 Å². The minimum atomic E-state index is -0.470. The highest BCUT2D eigenvalue weighted by Crippen LogP contribution is 2.65. The number of pyridine rings is 1. The molecule has 5 rings (SSSR count). The van der Waals surface area contributed by atoms with Crippen LogP contribution in [0.25, 0.3) is 0 Å². The predicted octanol–water partition coefficient (Wildman–Crippen LogP) is 5.13. The molecular weight excluding hydrogens is 490 g/mol. The van der Waals surface area contributed by atoms with Gasteiger partial charge in [-0.1, -0.05) is 52.0 Å². The number of nitrogens with zero attached hydrogens (tertiary/aromatic N) is 2. The zero-order valence-electron chi connectivity index (χ0n) is 23.9. The number of rotatable bonds is 7. The molecule has 1 aromatic heterocycles. The van der Waals surface area contributed by atoms with E-state index in [9.17, 15) is 9.59 Å². The van der Waals surface area contributed by atoms with Gasteiger partial charge in [-0.05, 0) is 49.8 Å². The van der Waals surface area contributed by atoms with Gasteiger partial charge in [-0.25, -0.2) is 0 Å². The Morgan fingerprint density at radius 1 is 1.18 bits per heavy atom. The standard InChI is InChI=1S/C31H41N5O3/c1-7-31(8-2)17-23(37)36(28(32)35-31)26(19-12-11-15-33-18-19)24-25(30(24,5)6)27(38)34-21-16-29(3,4)39-22-14-10-9-13-20(21)22/h9-15,18,21,24-26H,7-8,16-17H2,1-6H3,(H2,32,35)(H,34,38)/t21-,24?,25?,26?/m1/s1. The number of ether oxygens (including phenoxy) is 1. The summed E-state index contributed by atoms with van der Waals surface area (Å²) in [5, 5.41) is 15.6. The van der Waals surface area contributed by atoms with Crippen LogP contribution in [0.4, 0.5) is 0 Å². The van der Waals surface area contributed by atoms with Crippen LogP contribution in [0.3, 0.4) is 0 Å². The average molecular weight is 532 g/mol. The molecule has 2 aliphatic heterocycles. The highest BCUT2D eigenvalue weighted by Gasteiger charge is 2.67. The number of aromatic nitrogens is 1. The lowest BCUT2D eigenvalue weighted by atomic mass is 9.85. The molecule has 8 nitrogen and oxygen atoms in total. The Balaban J connectivity index is 1.45. The Labute approximate surface area is 231 Å². The molecule has 0 radical (unpaired) electrons. The first-order valence-corrected chi connectivity index (χ1v) is 14.1. The van der Waals surface area contributed by atoms with E-state index in [4.69, 9.17) is 10.1 Å². The maximum absolute atomic E-state index is 14.0. The van der Waals surface area contributed by atoms with E-state index in [0.29, 0.717) is 12.8 Å². The summed E-state index contributed by atoms with van der Waals surface area (Å²) in [6, 6.07) is 11.0. The Morgan fingerprint density at radius 2 is 1.90 bits per heavy atom. The van der Waals surface area contributed by atoms with Gasteiger partial charge in [-0.3, -0.25) is 24.9 Å². The van der Waals surface area contributed by atoms with Gasteiger partial charge in [0.1, 0.15) is 11.4 Å². The summed E-state index contributed by atoms with van der Waals surface area (Å²) in [6.07, 6.45) is 5.95. The van der Waals surface area contributed by atoms with Crippen molar-refractivity contribution in [2.75, 3.05) is 0 Å². The van der Waals surface area contributed by atoms with E-state index in [0.717, 1.165) is 29.7 Å². The lowest BCUT2D eigenvalue weighted by Gasteiger charge is -2.45. The summed E-state index contributed by atoms with van der Waals surface area (Å²) in [6.45, 7) is 12.3. The fourth-order valence-corrected chi connectivity index (χ4v) is 6.85. The summed E-state index contributed by atoms with van der Waals surface area (Å²) < 4.78 is 6.17. The molecule has 1 aromatic carbocycles. The molecular formula is C31H41N5O3. The van der Waals surface area contributed by atoms with Crippen molar-refractivity contribution < 1.29 is 14.3 Å². The molecule has 3 aliphatic rings. The van der Waals surface area contributed by atoms with Crippen LogP contribution in [0.15, 0.2) is 48.8 Å². The molecule has 2 amide bonds. The third-order valence-corrected chi connectivity index (χ3v) is 9.27. The van der Waals surface area contributed by atoms with E-state index >= 15 is 0 Å². The van der Waals surface area contributed by atoms with Gasteiger partial charge < -0.3 is 15.4 Å². The third kappa shape index (κ3) is 4.79. The maximum atomic E-state index is 14.0. The normalized spacial score (nSPS) is 27.0. The van der Waals surface area contributed by atoms with Crippen molar-refractivity contribution in [3.63, 3.8) is 0 Å². The summed E-state index contributed by atoms with van der Waals surface area (Å²) in [4.78, 5) is 33.6. The molecule has 8 heteroatoms. The van der Waals surface area contributed by atoms with Crippen LogP contribution in [0.1, 0.15) is 90.4 Å². The zero-order valence-corrected chi connectivity index (χ0v) is 23.9. The predicted molar refractivity (Wildman–Crippen MR) is 150 cm³/mol. The number of hydrogen-bond donors (Lipinski definition) is 3. The van der Waals surface area contributed by atoms with Gasteiger partial charge >= 0.3 is 0 Å². The van der Waals surface area contributed by atoms with Crippen LogP contribution in [-0.2, 0) is 9.59 Å². The third-order valence-electron chi connectivity index (χ3n) is 9.27. The Hall–Kier alpha value is -3.42. The van der Waals surface area contributed by atoms with E-state index in [1.54, 1.807) is 17.3 Å². The van der Waals surface area contributed by atoms with E-state index in [1.807, 2.05) is 64.1 Å². The molecule has 1 aliphatic carbocycles. The Kier molecular flexibility index (Phi) is 6.72. The quantitative estimate of drug-likeness (QED) is 0.459. The van der Waals surface area contributed by atoms with Gasteiger partial charge in [-0.2, -0.15) is 0 Å². The fourth-order valence-electron chi connectivity index (χ4n) is 6.85. The minimum Gasteiger partial charge on any atom is -0.487 e. The van der Waals surface area contributed by atoms with Crippen LogP contribution in [0.2, 0.25) is 0 Å². The van der Waals surface area contributed by atoms with Gasteiger partial charge in [-0.15, -0.1) is 0 Å². The molecule has 1 saturated carbocycles. The van der Waals surface area contributed by atoms with E-state index in [-0.39, 0.29) is 41.1 Å². The first-order chi connectivity index (χ1) is 18.4. The number of carbonyl (C=O) groups is 2. The molecule has 3 unspecified atom stereocenters. The van der Waals surface area contributed by atoms with Gasteiger partial charge in [0.15, 0.2) is 5.96 Å². The molecule has 0 bridgehead atoms. The van der Waals surface area contributed by atoms with Crippen molar-refractivity contribution in [2.45, 2.75) is 90.4 Å². The molecule has 4 atom stereocenters. The molecule has 1 saturated heterocycles. The summed E-state index contributed by atoms with van der Waals surface area (Å²) in [5.41, 5.74) is 0.619. The SMILES string of the molecule is CCC1(CC)CC(=O)N(C(c2cccnc2)C2C(C(=O)N[C@@H]3CC(C)(C)Oc4ccccc43)C2(C)C)C(=N)N1. The van der Waals surface area contributed by atoms with Crippen molar-refractivity contribution in [2.24, 2.45) is 17.3 Å². The highest BCUT2D eigenvalue weighted by molar-refractivity contribution is 6.00. The fraction of sp³-hybridized carbons (Fsp3) is 0.548.